The summed E-state index contributed by atoms with van der Waals surface area (Å²) in [6, 6.07) is 0.0379. The third-order valence-electron chi connectivity index (χ3n) is 4.57. The van der Waals surface area contributed by atoms with E-state index in [1.807, 2.05) is 0 Å². The Bertz CT molecular complexity index is 319. The highest BCUT2D eigenvalue weighted by Gasteiger charge is 2.39. The van der Waals surface area contributed by atoms with Crippen molar-refractivity contribution in [1.82, 2.24) is 10.2 Å². The Kier molecular flexibility index (Phi) is 6.06. The molecular formula is C17H34N2O. The van der Waals surface area contributed by atoms with E-state index < -0.39 is 0 Å². The zero-order valence-electron chi connectivity index (χ0n) is 14.5. The fraction of sp³-hybridized carbons (Fsp3) is 0.941. The molecular weight excluding hydrogens is 248 g/mol. The lowest BCUT2D eigenvalue weighted by molar-refractivity contribution is -0.131. The summed E-state index contributed by atoms with van der Waals surface area (Å²) in [6.45, 7) is 16.5. The summed E-state index contributed by atoms with van der Waals surface area (Å²) in [5, 5.41) is 3.56. The van der Waals surface area contributed by atoms with Crippen LogP contribution in [-0.4, -0.2) is 29.6 Å². The van der Waals surface area contributed by atoms with Crippen LogP contribution in [0, 0.1) is 17.3 Å². The zero-order chi connectivity index (χ0) is 15.5. The first-order valence-corrected chi connectivity index (χ1v) is 8.23. The summed E-state index contributed by atoms with van der Waals surface area (Å²) >= 11 is 0. The number of hydrogen-bond donors (Lipinski definition) is 1. The van der Waals surface area contributed by atoms with Crippen molar-refractivity contribution in [2.75, 3.05) is 6.54 Å². The summed E-state index contributed by atoms with van der Waals surface area (Å²) in [4.78, 5) is 14.7. The number of nitrogens with one attached hydrogen (secondary N) is 1. The molecule has 1 amide bonds. The van der Waals surface area contributed by atoms with Crippen molar-refractivity contribution in [3.05, 3.63) is 0 Å². The van der Waals surface area contributed by atoms with Crippen LogP contribution in [0.2, 0.25) is 0 Å². The SMILES string of the molecule is CCCC1NC(CC(C)C)N(CC(C)C(C)(C)C)C1=O. The van der Waals surface area contributed by atoms with Crippen molar-refractivity contribution in [3.63, 3.8) is 0 Å². The predicted molar refractivity (Wildman–Crippen MR) is 85.4 cm³/mol. The highest BCUT2D eigenvalue weighted by atomic mass is 16.2. The molecule has 0 bridgehead atoms. The molecule has 3 nitrogen and oxygen atoms in total. The van der Waals surface area contributed by atoms with E-state index in [9.17, 15) is 4.79 Å². The molecule has 0 saturated carbocycles. The second-order valence-electron chi connectivity index (χ2n) is 7.91. The van der Waals surface area contributed by atoms with Crippen LogP contribution in [-0.2, 0) is 4.79 Å². The first-order valence-electron chi connectivity index (χ1n) is 8.23. The van der Waals surface area contributed by atoms with Crippen LogP contribution in [0.4, 0.5) is 0 Å². The lowest BCUT2D eigenvalue weighted by Crippen LogP contribution is -2.43. The molecule has 0 radical (unpaired) electrons. The Labute approximate surface area is 125 Å². The fourth-order valence-electron chi connectivity index (χ4n) is 2.67. The average molecular weight is 282 g/mol. The van der Waals surface area contributed by atoms with Gasteiger partial charge < -0.3 is 4.90 Å². The molecule has 0 aromatic heterocycles. The van der Waals surface area contributed by atoms with Crippen LogP contribution in [0.5, 0.6) is 0 Å². The third kappa shape index (κ3) is 4.47. The van der Waals surface area contributed by atoms with E-state index in [2.05, 4.69) is 58.7 Å². The summed E-state index contributed by atoms with van der Waals surface area (Å²) in [5.41, 5.74) is 0.242. The molecule has 20 heavy (non-hydrogen) atoms. The van der Waals surface area contributed by atoms with Gasteiger partial charge in [-0.15, -0.1) is 0 Å². The number of rotatable bonds is 6. The van der Waals surface area contributed by atoms with E-state index in [4.69, 9.17) is 0 Å². The maximum Gasteiger partial charge on any atom is 0.241 e. The number of hydrogen-bond acceptors (Lipinski definition) is 2. The van der Waals surface area contributed by atoms with E-state index in [-0.39, 0.29) is 17.6 Å². The van der Waals surface area contributed by atoms with Gasteiger partial charge in [0.1, 0.15) is 0 Å². The van der Waals surface area contributed by atoms with Gasteiger partial charge in [0.05, 0.1) is 12.2 Å². The van der Waals surface area contributed by atoms with Crippen LogP contribution in [0.15, 0.2) is 0 Å². The van der Waals surface area contributed by atoms with Crippen molar-refractivity contribution in [2.24, 2.45) is 17.3 Å². The Morgan fingerprint density at radius 1 is 1.25 bits per heavy atom. The molecule has 1 heterocycles. The molecule has 3 unspecified atom stereocenters. The van der Waals surface area contributed by atoms with Gasteiger partial charge >= 0.3 is 0 Å². The molecule has 0 aromatic carbocycles. The van der Waals surface area contributed by atoms with Crippen LogP contribution in [0.1, 0.15) is 67.7 Å². The number of carbonyl (C=O) groups is 1. The summed E-state index contributed by atoms with van der Waals surface area (Å²) < 4.78 is 0. The quantitative estimate of drug-likeness (QED) is 0.806. The van der Waals surface area contributed by atoms with Gasteiger partial charge in [-0.25, -0.2) is 0 Å². The first-order chi connectivity index (χ1) is 9.16. The molecule has 1 N–H and O–H groups in total. The van der Waals surface area contributed by atoms with Gasteiger partial charge in [0.2, 0.25) is 5.91 Å². The predicted octanol–water partition coefficient (Wildman–Crippen LogP) is 3.64. The Morgan fingerprint density at radius 2 is 1.85 bits per heavy atom. The van der Waals surface area contributed by atoms with Gasteiger partial charge in [-0.2, -0.15) is 0 Å². The zero-order valence-corrected chi connectivity index (χ0v) is 14.5. The molecule has 1 saturated heterocycles. The van der Waals surface area contributed by atoms with Crippen LogP contribution in [0.3, 0.4) is 0 Å². The largest absolute Gasteiger partial charge is 0.325 e. The van der Waals surface area contributed by atoms with Crippen LogP contribution < -0.4 is 5.32 Å². The molecule has 0 aromatic rings. The van der Waals surface area contributed by atoms with Crippen LogP contribution >= 0.6 is 0 Å². The highest BCUT2D eigenvalue weighted by Crippen LogP contribution is 2.29. The second-order valence-corrected chi connectivity index (χ2v) is 7.91. The molecule has 1 aliphatic rings. The van der Waals surface area contributed by atoms with E-state index in [1.54, 1.807) is 0 Å². The normalized spacial score (nSPS) is 25.6. The Balaban J connectivity index is 2.78. The van der Waals surface area contributed by atoms with Gasteiger partial charge in [-0.1, -0.05) is 54.9 Å². The van der Waals surface area contributed by atoms with Crippen molar-refractivity contribution in [2.45, 2.75) is 79.9 Å². The molecule has 118 valence electrons. The first kappa shape index (κ1) is 17.5. The molecule has 3 atom stereocenters. The van der Waals surface area contributed by atoms with Crippen molar-refractivity contribution in [3.8, 4) is 0 Å². The molecule has 3 heteroatoms. The average Bonchev–Trinajstić information content (AvgIpc) is 2.56. The number of amides is 1. The summed E-state index contributed by atoms with van der Waals surface area (Å²) in [6.07, 6.45) is 3.28. The minimum Gasteiger partial charge on any atom is -0.325 e. The van der Waals surface area contributed by atoms with E-state index in [0.717, 1.165) is 25.8 Å². The summed E-state index contributed by atoms with van der Waals surface area (Å²) in [5.74, 6) is 1.42. The Morgan fingerprint density at radius 3 is 2.30 bits per heavy atom. The van der Waals surface area contributed by atoms with E-state index in [1.165, 1.54) is 0 Å². The smallest absolute Gasteiger partial charge is 0.241 e. The molecule has 1 aliphatic heterocycles. The molecule has 0 spiro atoms. The van der Waals surface area contributed by atoms with Gasteiger partial charge in [0.15, 0.2) is 0 Å². The summed E-state index contributed by atoms with van der Waals surface area (Å²) in [7, 11) is 0. The van der Waals surface area contributed by atoms with Crippen molar-refractivity contribution < 1.29 is 4.79 Å². The second kappa shape index (κ2) is 6.93. The highest BCUT2D eigenvalue weighted by molar-refractivity contribution is 5.84. The molecule has 0 aliphatic carbocycles. The minimum atomic E-state index is 0.0379. The topological polar surface area (TPSA) is 32.3 Å². The maximum atomic E-state index is 12.6. The maximum absolute atomic E-state index is 12.6. The monoisotopic (exact) mass is 282 g/mol. The van der Waals surface area contributed by atoms with Gasteiger partial charge in [-0.05, 0) is 30.1 Å². The third-order valence-corrected chi connectivity index (χ3v) is 4.57. The molecule has 1 fully saturated rings. The minimum absolute atomic E-state index is 0.0379. The fourth-order valence-corrected chi connectivity index (χ4v) is 2.67. The van der Waals surface area contributed by atoms with Gasteiger partial charge in [0.25, 0.3) is 0 Å². The molecule has 1 rings (SSSR count). The van der Waals surface area contributed by atoms with Gasteiger partial charge in [-0.3, -0.25) is 10.1 Å². The van der Waals surface area contributed by atoms with E-state index in [0.29, 0.717) is 17.7 Å². The lowest BCUT2D eigenvalue weighted by Gasteiger charge is -2.34. The van der Waals surface area contributed by atoms with Crippen LogP contribution in [0.25, 0.3) is 0 Å². The van der Waals surface area contributed by atoms with Crippen molar-refractivity contribution >= 4 is 5.91 Å². The lowest BCUT2D eigenvalue weighted by atomic mass is 9.81. The standard InChI is InChI=1S/C17H34N2O/c1-8-9-14-16(20)19(11-13(4)17(5,6)7)15(18-14)10-12(2)3/h12-15,18H,8-11H2,1-7H3. The number of carbonyl (C=O) groups excluding carboxylic acids is 1. The number of nitrogens with zero attached hydrogens (tertiary/aromatic N) is 1. The van der Waals surface area contributed by atoms with Crippen molar-refractivity contribution in [1.29, 1.82) is 0 Å². The van der Waals surface area contributed by atoms with E-state index >= 15 is 0 Å². The Hall–Kier alpha value is -0.570. The van der Waals surface area contributed by atoms with Gasteiger partial charge in [0, 0.05) is 6.54 Å².